The Kier molecular flexibility index (Phi) is 5.87. The molecule has 90 valence electrons. The zero-order valence-electron chi connectivity index (χ0n) is 9.74. The van der Waals surface area contributed by atoms with Gasteiger partial charge in [0.1, 0.15) is 0 Å². The molecule has 4 heteroatoms. The van der Waals surface area contributed by atoms with Gasteiger partial charge in [0.2, 0.25) is 5.91 Å². The number of nitrogens with one attached hydrogen (secondary N) is 1. The topological polar surface area (TPSA) is 78.9 Å². The van der Waals surface area contributed by atoms with Crippen molar-refractivity contribution in [1.29, 1.82) is 5.26 Å². The SMILES string of the molecule is N#CC1CCCC1NC(=O)CCCCCN. The van der Waals surface area contributed by atoms with E-state index in [0.29, 0.717) is 13.0 Å². The average Bonchev–Trinajstić information content (AvgIpc) is 2.71. The molecule has 16 heavy (non-hydrogen) atoms. The second-order valence-corrected chi connectivity index (χ2v) is 4.44. The largest absolute Gasteiger partial charge is 0.352 e. The van der Waals surface area contributed by atoms with Crippen molar-refractivity contribution >= 4 is 5.91 Å². The van der Waals surface area contributed by atoms with Crippen LogP contribution in [0.4, 0.5) is 0 Å². The molecule has 2 atom stereocenters. The van der Waals surface area contributed by atoms with Crippen molar-refractivity contribution in [2.75, 3.05) is 6.54 Å². The van der Waals surface area contributed by atoms with Crippen LogP contribution in [0.2, 0.25) is 0 Å². The van der Waals surface area contributed by atoms with Crippen molar-refractivity contribution in [3.05, 3.63) is 0 Å². The Morgan fingerprint density at radius 2 is 2.19 bits per heavy atom. The quantitative estimate of drug-likeness (QED) is 0.666. The van der Waals surface area contributed by atoms with Crippen molar-refractivity contribution < 1.29 is 4.79 Å². The maximum Gasteiger partial charge on any atom is 0.220 e. The molecule has 0 heterocycles. The van der Waals surface area contributed by atoms with E-state index in [1.165, 1.54) is 0 Å². The van der Waals surface area contributed by atoms with Crippen LogP contribution in [0.5, 0.6) is 0 Å². The van der Waals surface area contributed by atoms with E-state index in [-0.39, 0.29) is 17.9 Å². The maximum absolute atomic E-state index is 11.6. The van der Waals surface area contributed by atoms with Gasteiger partial charge in [-0.15, -0.1) is 0 Å². The molecule has 0 spiro atoms. The lowest BCUT2D eigenvalue weighted by Gasteiger charge is -2.15. The normalized spacial score (nSPS) is 24.0. The van der Waals surface area contributed by atoms with Crippen LogP contribution < -0.4 is 11.1 Å². The van der Waals surface area contributed by atoms with E-state index in [4.69, 9.17) is 11.0 Å². The molecule has 1 amide bonds. The van der Waals surface area contributed by atoms with E-state index in [0.717, 1.165) is 38.5 Å². The second-order valence-electron chi connectivity index (χ2n) is 4.44. The third kappa shape index (κ3) is 4.19. The first-order chi connectivity index (χ1) is 7.77. The molecular weight excluding hydrogens is 202 g/mol. The summed E-state index contributed by atoms with van der Waals surface area (Å²) in [6.45, 7) is 0.695. The number of unbranched alkanes of at least 4 members (excludes halogenated alkanes) is 2. The van der Waals surface area contributed by atoms with Crippen LogP contribution in [0, 0.1) is 17.2 Å². The van der Waals surface area contributed by atoms with Crippen LogP contribution in [0.3, 0.4) is 0 Å². The molecule has 1 fully saturated rings. The number of hydrogen-bond donors (Lipinski definition) is 2. The lowest BCUT2D eigenvalue weighted by atomic mass is 10.1. The Balaban J connectivity index is 2.16. The minimum atomic E-state index is 0.0213. The van der Waals surface area contributed by atoms with E-state index in [1.807, 2.05) is 0 Å². The molecule has 0 bridgehead atoms. The van der Waals surface area contributed by atoms with Crippen molar-refractivity contribution in [3.63, 3.8) is 0 Å². The van der Waals surface area contributed by atoms with E-state index in [9.17, 15) is 4.79 Å². The van der Waals surface area contributed by atoms with Crippen LogP contribution in [0.25, 0.3) is 0 Å². The minimum absolute atomic E-state index is 0.0213. The van der Waals surface area contributed by atoms with Gasteiger partial charge in [0.05, 0.1) is 12.0 Å². The third-order valence-electron chi connectivity index (χ3n) is 3.14. The van der Waals surface area contributed by atoms with Crippen LogP contribution in [-0.4, -0.2) is 18.5 Å². The zero-order valence-corrected chi connectivity index (χ0v) is 9.74. The van der Waals surface area contributed by atoms with Crippen LogP contribution in [0.1, 0.15) is 44.9 Å². The predicted octanol–water partition coefficient (Wildman–Crippen LogP) is 1.31. The first kappa shape index (κ1) is 13.0. The summed E-state index contributed by atoms with van der Waals surface area (Å²) >= 11 is 0. The molecule has 2 unspecified atom stereocenters. The summed E-state index contributed by atoms with van der Waals surface area (Å²) < 4.78 is 0. The van der Waals surface area contributed by atoms with Gasteiger partial charge in [-0.3, -0.25) is 4.79 Å². The summed E-state index contributed by atoms with van der Waals surface area (Å²) in [4.78, 5) is 11.6. The van der Waals surface area contributed by atoms with Gasteiger partial charge in [0.15, 0.2) is 0 Å². The number of nitriles is 1. The number of carbonyl (C=O) groups is 1. The fourth-order valence-electron chi connectivity index (χ4n) is 2.17. The summed E-state index contributed by atoms with van der Waals surface area (Å²) in [5.41, 5.74) is 5.38. The monoisotopic (exact) mass is 223 g/mol. The Morgan fingerprint density at radius 1 is 1.38 bits per heavy atom. The van der Waals surface area contributed by atoms with Crippen LogP contribution in [-0.2, 0) is 4.79 Å². The standard InChI is InChI=1S/C12H21N3O/c13-8-3-1-2-7-12(16)15-11-6-4-5-10(11)9-14/h10-11H,1-8,13H2,(H,15,16). The molecule has 3 N–H and O–H groups in total. The molecule has 0 aromatic carbocycles. The number of amides is 1. The fourth-order valence-corrected chi connectivity index (χ4v) is 2.17. The smallest absolute Gasteiger partial charge is 0.220 e. The third-order valence-corrected chi connectivity index (χ3v) is 3.14. The Morgan fingerprint density at radius 3 is 2.88 bits per heavy atom. The molecule has 0 aromatic rings. The van der Waals surface area contributed by atoms with Gasteiger partial charge >= 0.3 is 0 Å². The Labute approximate surface area is 97.2 Å². The molecule has 4 nitrogen and oxygen atoms in total. The predicted molar refractivity (Wildman–Crippen MR) is 62.4 cm³/mol. The van der Waals surface area contributed by atoms with E-state index in [1.54, 1.807) is 0 Å². The highest BCUT2D eigenvalue weighted by Crippen LogP contribution is 2.24. The van der Waals surface area contributed by atoms with Crippen LogP contribution in [0.15, 0.2) is 0 Å². The maximum atomic E-state index is 11.6. The minimum Gasteiger partial charge on any atom is -0.352 e. The molecule has 1 aliphatic rings. The molecule has 1 rings (SSSR count). The number of hydrogen-bond acceptors (Lipinski definition) is 3. The molecule has 0 saturated heterocycles. The van der Waals surface area contributed by atoms with Gasteiger partial charge in [-0.05, 0) is 38.6 Å². The first-order valence-electron chi connectivity index (χ1n) is 6.17. The van der Waals surface area contributed by atoms with Gasteiger partial charge in [-0.2, -0.15) is 5.26 Å². The van der Waals surface area contributed by atoms with E-state index >= 15 is 0 Å². The first-order valence-corrected chi connectivity index (χ1v) is 6.17. The lowest BCUT2D eigenvalue weighted by Crippen LogP contribution is -2.36. The van der Waals surface area contributed by atoms with Gasteiger partial charge in [-0.25, -0.2) is 0 Å². The summed E-state index contributed by atoms with van der Waals surface area (Å²) in [5.74, 6) is 0.108. The summed E-state index contributed by atoms with van der Waals surface area (Å²) in [6, 6.07) is 2.35. The second kappa shape index (κ2) is 7.24. The number of carbonyl (C=O) groups excluding carboxylic acids is 1. The number of nitrogens with zero attached hydrogens (tertiary/aromatic N) is 1. The Hall–Kier alpha value is -1.08. The fraction of sp³-hybridized carbons (Fsp3) is 0.833. The highest BCUT2D eigenvalue weighted by Gasteiger charge is 2.27. The van der Waals surface area contributed by atoms with E-state index in [2.05, 4.69) is 11.4 Å². The molecule has 0 aromatic heterocycles. The molecule has 0 radical (unpaired) electrons. The van der Waals surface area contributed by atoms with Crippen LogP contribution >= 0.6 is 0 Å². The zero-order chi connectivity index (χ0) is 11.8. The highest BCUT2D eigenvalue weighted by molar-refractivity contribution is 5.76. The average molecular weight is 223 g/mol. The number of nitrogens with two attached hydrogens (primary N) is 1. The molecule has 1 aliphatic carbocycles. The molecular formula is C12H21N3O. The van der Waals surface area contributed by atoms with Crippen molar-refractivity contribution in [3.8, 4) is 6.07 Å². The van der Waals surface area contributed by atoms with E-state index < -0.39 is 0 Å². The Bertz CT molecular complexity index is 259. The highest BCUT2D eigenvalue weighted by atomic mass is 16.1. The van der Waals surface area contributed by atoms with Gasteiger partial charge < -0.3 is 11.1 Å². The lowest BCUT2D eigenvalue weighted by molar-refractivity contribution is -0.122. The van der Waals surface area contributed by atoms with Crippen molar-refractivity contribution in [2.45, 2.75) is 51.0 Å². The molecule has 1 saturated carbocycles. The van der Waals surface area contributed by atoms with Crippen molar-refractivity contribution in [1.82, 2.24) is 5.32 Å². The summed E-state index contributed by atoms with van der Waals surface area (Å²) in [6.07, 6.45) is 6.38. The van der Waals surface area contributed by atoms with Crippen molar-refractivity contribution in [2.24, 2.45) is 11.7 Å². The molecule has 0 aliphatic heterocycles. The summed E-state index contributed by atoms with van der Waals surface area (Å²) in [5, 5.41) is 11.8. The number of rotatable bonds is 6. The summed E-state index contributed by atoms with van der Waals surface area (Å²) in [7, 11) is 0. The van der Waals surface area contributed by atoms with Gasteiger partial charge in [-0.1, -0.05) is 6.42 Å². The van der Waals surface area contributed by atoms with Gasteiger partial charge in [0, 0.05) is 12.5 Å². The van der Waals surface area contributed by atoms with Gasteiger partial charge in [0.25, 0.3) is 0 Å².